The Labute approximate surface area is 132 Å². The summed E-state index contributed by atoms with van der Waals surface area (Å²) in [5, 5.41) is 0.733. The number of benzene rings is 1. The lowest BCUT2D eigenvalue weighted by atomic mass is 10.2. The van der Waals surface area contributed by atoms with Crippen LogP contribution in [0.3, 0.4) is 0 Å². The van der Waals surface area contributed by atoms with E-state index in [4.69, 9.17) is 27.9 Å². The van der Waals surface area contributed by atoms with Crippen LogP contribution in [0.2, 0.25) is 10.3 Å². The monoisotopic (exact) mass is 324 g/mol. The van der Waals surface area contributed by atoms with Crippen molar-refractivity contribution in [2.24, 2.45) is 0 Å². The first-order chi connectivity index (χ1) is 10.2. The summed E-state index contributed by atoms with van der Waals surface area (Å²) in [6.45, 7) is 1.90. The molecule has 0 unspecified atom stereocenters. The first-order valence-corrected chi connectivity index (χ1v) is 7.43. The van der Waals surface area contributed by atoms with Gasteiger partial charge in [-0.1, -0.05) is 11.6 Å². The van der Waals surface area contributed by atoms with Gasteiger partial charge in [0.1, 0.15) is 5.75 Å². The van der Waals surface area contributed by atoms with Crippen LogP contribution in [0.15, 0.2) is 18.2 Å². The van der Waals surface area contributed by atoms with Crippen LogP contribution < -0.4 is 9.64 Å². The summed E-state index contributed by atoms with van der Waals surface area (Å²) in [6.07, 6.45) is 2.29. The van der Waals surface area contributed by atoms with Gasteiger partial charge >= 0.3 is 0 Å². The van der Waals surface area contributed by atoms with Gasteiger partial charge in [0, 0.05) is 18.7 Å². The average molecular weight is 325 g/mol. The minimum absolute atomic E-state index is 0.191. The Bertz CT molecular complexity index is 659. The first kappa shape index (κ1) is 14.4. The maximum atomic E-state index is 6.04. The number of rotatable bonds is 3. The van der Waals surface area contributed by atoms with E-state index in [9.17, 15) is 0 Å². The molecule has 2 aromatic rings. The van der Waals surface area contributed by atoms with Crippen molar-refractivity contribution < 1.29 is 4.74 Å². The van der Waals surface area contributed by atoms with Crippen molar-refractivity contribution in [3.63, 3.8) is 0 Å². The van der Waals surface area contributed by atoms with Gasteiger partial charge in [0.15, 0.2) is 5.82 Å². The van der Waals surface area contributed by atoms with E-state index in [1.165, 1.54) is 0 Å². The molecule has 3 rings (SSSR count). The summed E-state index contributed by atoms with van der Waals surface area (Å²) in [5.41, 5.74) is 0.793. The molecule has 21 heavy (non-hydrogen) atoms. The Kier molecular flexibility index (Phi) is 4.12. The molecule has 1 aromatic carbocycles. The maximum Gasteiger partial charge on any atom is 0.230 e. The second-order valence-electron chi connectivity index (χ2n) is 4.77. The van der Waals surface area contributed by atoms with E-state index in [0.29, 0.717) is 22.5 Å². The van der Waals surface area contributed by atoms with E-state index >= 15 is 0 Å². The quantitative estimate of drug-likeness (QED) is 0.865. The number of nitrogens with zero attached hydrogens (tertiary/aromatic N) is 4. The van der Waals surface area contributed by atoms with Crippen molar-refractivity contribution in [1.82, 2.24) is 15.0 Å². The Hall–Kier alpha value is -1.59. The molecule has 1 saturated heterocycles. The largest absolute Gasteiger partial charge is 0.495 e. The van der Waals surface area contributed by atoms with Crippen molar-refractivity contribution in [3.05, 3.63) is 28.5 Å². The maximum absolute atomic E-state index is 6.04. The number of aromatic nitrogens is 3. The van der Waals surface area contributed by atoms with Gasteiger partial charge in [-0.3, -0.25) is 0 Å². The number of anilines is 1. The van der Waals surface area contributed by atoms with Gasteiger partial charge in [0.05, 0.1) is 12.1 Å². The van der Waals surface area contributed by atoms with Crippen molar-refractivity contribution in [3.8, 4) is 17.1 Å². The number of hydrogen-bond acceptors (Lipinski definition) is 5. The van der Waals surface area contributed by atoms with Crippen molar-refractivity contribution in [2.45, 2.75) is 12.8 Å². The predicted molar refractivity (Wildman–Crippen MR) is 83.3 cm³/mol. The summed E-state index contributed by atoms with van der Waals surface area (Å²) in [4.78, 5) is 15.0. The highest BCUT2D eigenvalue weighted by Gasteiger charge is 2.18. The molecule has 0 aliphatic carbocycles. The van der Waals surface area contributed by atoms with Crippen LogP contribution in [0.5, 0.6) is 5.75 Å². The van der Waals surface area contributed by atoms with E-state index in [-0.39, 0.29) is 5.28 Å². The predicted octanol–water partition coefficient (Wildman–Crippen LogP) is 3.45. The molecule has 1 aliphatic rings. The zero-order valence-electron chi connectivity index (χ0n) is 11.5. The lowest BCUT2D eigenvalue weighted by Crippen LogP contribution is -2.21. The summed E-state index contributed by atoms with van der Waals surface area (Å²) in [7, 11) is 1.57. The molecule has 5 nitrogen and oxygen atoms in total. The van der Waals surface area contributed by atoms with Crippen LogP contribution in [0.25, 0.3) is 11.4 Å². The Balaban J connectivity index is 2.01. The number of methoxy groups -OCH3 is 1. The molecule has 2 heterocycles. The summed E-state index contributed by atoms with van der Waals surface area (Å²) in [6, 6.07) is 5.38. The highest BCUT2D eigenvalue weighted by molar-refractivity contribution is 6.32. The fourth-order valence-electron chi connectivity index (χ4n) is 2.33. The molecule has 1 fully saturated rings. The van der Waals surface area contributed by atoms with E-state index < -0.39 is 0 Å². The second-order valence-corrected chi connectivity index (χ2v) is 5.52. The third-order valence-electron chi connectivity index (χ3n) is 3.39. The molecule has 0 atom stereocenters. The zero-order chi connectivity index (χ0) is 14.8. The fraction of sp³-hybridized carbons (Fsp3) is 0.357. The molecule has 1 aliphatic heterocycles. The van der Waals surface area contributed by atoms with Gasteiger partial charge in [-0.05, 0) is 42.6 Å². The molecule has 0 spiro atoms. The molecular formula is C14H14Cl2N4O. The van der Waals surface area contributed by atoms with E-state index in [1.54, 1.807) is 19.2 Å². The zero-order valence-corrected chi connectivity index (χ0v) is 13.0. The number of hydrogen-bond donors (Lipinski definition) is 0. The van der Waals surface area contributed by atoms with Crippen LogP contribution in [-0.4, -0.2) is 35.2 Å². The van der Waals surface area contributed by atoms with Gasteiger partial charge in [0.2, 0.25) is 11.2 Å². The third kappa shape index (κ3) is 3.04. The van der Waals surface area contributed by atoms with Crippen LogP contribution in [-0.2, 0) is 0 Å². The van der Waals surface area contributed by atoms with Gasteiger partial charge in [-0.25, -0.2) is 0 Å². The summed E-state index contributed by atoms with van der Waals surface area (Å²) >= 11 is 12.1. The number of halogens is 2. The standard InChI is InChI=1S/C14H14Cl2N4O/c1-21-11-8-9(4-5-10(11)15)12-17-13(16)19-14(18-12)20-6-2-3-7-20/h4-5,8H,2-3,6-7H2,1H3. The molecule has 0 N–H and O–H groups in total. The molecule has 7 heteroatoms. The topological polar surface area (TPSA) is 51.1 Å². The third-order valence-corrected chi connectivity index (χ3v) is 3.88. The van der Waals surface area contributed by atoms with Gasteiger partial charge in [-0.2, -0.15) is 15.0 Å². The van der Waals surface area contributed by atoms with E-state index in [2.05, 4.69) is 19.9 Å². The lowest BCUT2D eigenvalue weighted by molar-refractivity contribution is 0.415. The average Bonchev–Trinajstić information content (AvgIpc) is 3.01. The molecule has 0 saturated carbocycles. The van der Waals surface area contributed by atoms with Crippen LogP contribution in [0, 0.1) is 0 Å². The Morgan fingerprint density at radius 2 is 1.86 bits per heavy atom. The highest BCUT2D eigenvalue weighted by Crippen LogP contribution is 2.30. The molecular weight excluding hydrogens is 311 g/mol. The molecule has 0 radical (unpaired) electrons. The molecule has 0 bridgehead atoms. The summed E-state index contributed by atoms with van der Waals surface area (Å²) in [5.74, 6) is 1.72. The minimum Gasteiger partial charge on any atom is -0.495 e. The van der Waals surface area contributed by atoms with Crippen molar-refractivity contribution in [2.75, 3.05) is 25.1 Å². The van der Waals surface area contributed by atoms with Gasteiger partial charge < -0.3 is 9.64 Å². The fourth-order valence-corrected chi connectivity index (χ4v) is 2.68. The normalized spacial score (nSPS) is 14.5. The molecule has 110 valence electrons. The van der Waals surface area contributed by atoms with Crippen molar-refractivity contribution in [1.29, 1.82) is 0 Å². The molecule has 0 amide bonds. The highest BCUT2D eigenvalue weighted by atomic mass is 35.5. The van der Waals surface area contributed by atoms with Gasteiger partial charge in [0.25, 0.3) is 0 Å². The Morgan fingerprint density at radius 3 is 2.57 bits per heavy atom. The SMILES string of the molecule is COc1cc(-c2nc(Cl)nc(N3CCCC3)n2)ccc1Cl. The minimum atomic E-state index is 0.191. The first-order valence-electron chi connectivity index (χ1n) is 6.68. The Morgan fingerprint density at radius 1 is 1.10 bits per heavy atom. The van der Waals surface area contributed by atoms with Crippen LogP contribution in [0.4, 0.5) is 5.95 Å². The van der Waals surface area contributed by atoms with Gasteiger partial charge in [-0.15, -0.1) is 0 Å². The summed E-state index contributed by atoms with van der Waals surface area (Å²) < 4.78 is 5.22. The number of ether oxygens (including phenoxy) is 1. The lowest BCUT2D eigenvalue weighted by Gasteiger charge is -2.15. The van der Waals surface area contributed by atoms with E-state index in [0.717, 1.165) is 31.5 Å². The molecule has 1 aromatic heterocycles. The smallest absolute Gasteiger partial charge is 0.230 e. The van der Waals surface area contributed by atoms with Crippen LogP contribution in [0.1, 0.15) is 12.8 Å². The van der Waals surface area contributed by atoms with Crippen LogP contribution >= 0.6 is 23.2 Å². The van der Waals surface area contributed by atoms with Crippen molar-refractivity contribution >= 4 is 29.2 Å². The second kappa shape index (κ2) is 6.03. The van der Waals surface area contributed by atoms with E-state index in [1.807, 2.05) is 6.07 Å².